The Morgan fingerprint density at radius 3 is 2.65 bits per heavy atom. The van der Waals surface area contributed by atoms with Crippen LogP contribution in [0.5, 0.6) is 0 Å². The first-order valence-corrected chi connectivity index (χ1v) is 10.3. The molecule has 0 radical (unpaired) electrons. The lowest BCUT2D eigenvalue weighted by Crippen LogP contribution is -2.53. The Morgan fingerprint density at radius 1 is 1.15 bits per heavy atom. The molecule has 0 N–H and O–H groups in total. The Kier molecular flexibility index (Phi) is 4.57. The van der Waals surface area contributed by atoms with E-state index in [4.69, 9.17) is 0 Å². The summed E-state index contributed by atoms with van der Waals surface area (Å²) in [7, 11) is 0. The van der Waals surface area contributed by atoms with Crippen molar-refractivity contribution >= 4 is 11.8 Å². The molecule has 1 aromatic rings. The average molecular weight is 357 g/mol. The summed E-state index contributed by atoms with van der Waals surface area (Å²) in [6.07, 6.45) is 9.62. The lowest BCUT2D eigenvalue weighted by Gasteiger charge is -2.42. The molecule has 1 atom stereocenters. The van der Waals surface area contributed by atoms with Gasteiger partial charge in [0.15, 0.2) is 0 Å². The third-order valence-electron chi connectivity index (χ3n) is 6.73. The van der Waals surface area contributed by atoms with E-state index in [1.807, 2.05) is 27.8 Å². The van der Waals surface area contributed by atoms with E-state index in [2.05, 4.69) is 18.7 Å². The molecule has 5 heteroatoms. The standard InChI is InChI=1S/C21H31N3O2/c1-16(2)23-12-5-9-18(23)19(25)22-14-11-21(15-22)10-6-13-24(20(21)26)17-7-3-4-8-17/h5,9,12,16-17H,3-4,6-8,10-11,13-15H2,1-2H3/t21-/m0/s1. The van der Waals surface area contributed by atoms with Gasteiger partial charge in [0, 0.05) is 37.9 Å². The minimum atomic E-state index is -0.328. The van der Waals surface area contributed by atoms with Gasteiger partial charge < -0.3 is 14.4 Å². The molecule has 1 spiro atoms. The van der Waals surface area contributed by atoms with Crippen LogP contribution in [0.3, 0.4) is 0 Å². The van der Waals surface area contributed by atoms with Crippen molar-refractivity contribution in [2.24, 2.45) is 5.41 Å². The number of piperidine rings is 1. The van der Waals surface area contributed by atoms with Crippen molar-refractivity contribution in [2.45, 2.75) is 70.9 Å². The van der Waals surface area contributed by atoms with Crippen LogP contribution in [0.15, 0.2) is 18.3 Å². The van der Waals surface area contributed by atoms with Crippen LogP contribution in [0.1, 0.15) is 75.3 Å². The van der Waals surface area contributed by atoms with Crippen LogP contribution in [-0.4, -0.2) is 51.9 Å². The maximum atomic E-state index is 13.3. The molecule has 5 nitrogen and oxygen atoms in total. The molecule has 0 bridgehead atoms. The van der Waals surface area contributed by atoms with E-state index < -0.39 is 0 Å². The van der Waals surface area contributed by atoms with Gasteiger partial charge in [-0.1, -0.05) is 12.8 Å². The molecular formula is C21H31N3O2. The third kappa shape index (κ3) is 2.85. The number of aromatic nitrogens is 1. The van der Waals surface area contributed by atoms with Gasteiger partial charge in [-0.15, -0.1) is 0 Å². The molecule has 0 unspecified atom stereocenters. The number of rotatable bonds is 3. The second-order valence-corrected chi connectivity index (χ2v) is 8.69. The van der Waals surface area contributed by atoms with Gasteiger partial charge in [0.1, 0.15) is 5.69 Å². The van der Waals surface area contributed by atoms with E-state index in [0.29, 0.717) is 25.0 Å². The zero-order chi connectivity index (χ0) is 18.3. The largest absolute Gasteiger partial charge is 0.341 e. The van der Waals surface area contributed by atoms with Crippen LogP contribution in [0.2, 0.25) is 0 Å². The SMILES string of the molecule is CC(C)n1cccc1C(=O)N1CC[C@@]2(CCCN(C3CCCC3)C2=O)C1. The molecule has 142 valence electrons. The van der Waals surface area contributed by atoms with Gasteiger partial charge in [0.25, 0.3) is 5.91 Å². The van der Waals surface area contributed by atoms with Gasteiger partial charge in [-0.2, -0.15) is 0 Å². The van der Waals surface area contributed by atoms with E-state index in [9.17, 15) is 9.59 Å². The summed E-state index contributed by atoms with van der Waals surface area (Å²) < 4.78 is 2.03. The second-order valence-electron chi connectivity index (χ2n) is 8.69. The maximum Gasteiger partial charge on any atom is 0.270 e. The van der Waals surface area contributed by atoms with E-state index in [-0.39, 0.29) is 17.4 Å². The molecule has 2 saturated heterocycles. The minimum Gasteiger partial charge on any atom is -0.341 e. The third-order valence-corrected chi connectivity index (χ3v) is 6.73. The molecule has 3 heterocycles. The lowest BCUT2D eigenvalue weighted by molar-refractivity contribution is -0.148. The molecule has 1 saturated carbocycles. The van der Waals surface area contributed by atoms with Crippen LogP contribution in [-0.2, 0) is 4.79 Å². The molecule has 0 aromatic carbocycles. The zero-order valence-electron chi connectivity index (χ0n) is 16.1. The van der Waals surface area contributed by atoms with Crippen LogP contribution in [0.25, 0.3) is 0 Å². The van der Waals surface area contributed by atoms with Crippen molar-refractivity contribution in [3.8, 4) is 0 Å². The van der Waals surface area contributed by atoms with Crippen molar-refractivity contribution in [3.63, 3.8) is 0 Å². The summed E-state index contributed by atoms with van der Waals surface area (Å²) in [5.41, 5.74) is 0.416. The summed E-state index contributed by atoms with van der Waals surface area (Å²) in [6, 6.07) is 4.55. The highest BCUT2D eigenvalue weighted by molar-refractivity contribution is 5.94. The summed E-state index contributed by atoms with van der Waals surface area (Å²) in [5.74, 6) is 0.400. The number of hydrogen-bond acceptors (Lipinski definition) is 2. The smallest absolute Gasteiger partial charge is 0.270 e. The van der Waals surface area contributed by atoms with E-state index in [0.717, 1.165) is 44.3 Å². The molecule has 2 aliphatic heterocycles. The molecule has 1 aromatic heterocycles. The lowest BCUT2D eigenvalue weighted by atomic mass is 9.77. The maximum absolute atomic E-state index is 13.3. The van der Waals surface area contributed by atoms with Gasteiger partial charge in [-0.3, -0.25) is 9.59 Å². The van der Waals surface area contributed by atoms with E-state index >= 15 is 0 Å². The van der Waals surface area contributed by atoms with Crippen LogP contribution in [0, 0.1) is 5.41 Å². The molecular weight excluding hydrogens is 326 g/mol. The number of nitrogens with zero attached hydrogens (tertiary/aromatic N) is 3. The fourth-order valence-electron chi connectivity index (χ4n) is 5.28. The summed E-state index contributed by atoms with van der Waals surface area (Å²) in [4.78, 5) is 30.5. The Balaban J connectivity index is 1.50. The van der Waals surface area contributed by atoms with Gasteiger partial charge >= 0.3 is 0 Å². The average Bonchev–Trinajstić information content (AvgIpc) is 3.38. The number of hydrogen-bond donors (Lipinski definition) is 0. The zero-order valence-corrected chi connectivity index (χ0v) is 16.1. The second kappa shape index (κ2) is 6.75. The topological polar surface area (TPSA) is 45.6 Å². The van der Waals surface area contributed by atoms with E-state index in [1.54, 1.807) is 0 Å². The molecule has 3 fully saturated rings. The van der Waals surface area contributed by atoms with Gasteiger partial charge in [-0.25, -0.2) is 0 Å². The quantitative estimate of drug-likeness (QED) is 0.831. The first kappa shape index (κ1) is 17.6. The minimum absolute atomic E-state index is 0.0753. The number of carbonyl (C=O) groups excluding carboxylic acids is 2. The van der Waals surface area contributed by atoms with Crippen LogP contribution >= 0.6 is 0 Å². The highest BCUT2D eigenvalue weighted by atomic mass is 16.2. The van der Waals surface area contributed by atoms with Crippen molar-refractivity contribution in [2.75, 3.05) is 19.6 Å². The Hall–Kier alpha value is -1.78. The van der Waals surface area contributed by atoms with Gasteiger partial charge in [-0.05, 0) is 58.1 Å². The van der Waals surface area contributed by atoms with Gasteiger partial charge in [0.2, 0.25) is 5.91 Å². The fourth-order valence-corrected chi connectivity index (χ4v) is 5.28. The summed E-state index contributed by atoms with van der Waals surface area (Å²) in [6.45, 7) is 6.39. The Labute approximate surface area is 156 Å². The van der Waals surface area contributed by atoms with Gasteiger partial charge in [0.05, 0.1) is 5.41 Å². The Bertz CT molecular complexity index is 689. The first-order valence-electron chi connectivity index (χ1n) is 10.3. The molecule has 1 aliphatic carbocycles. The summed E-state index contributed by atoms with van der Waals surface area (Å²) >= 11 is 0. The first-order chi connectivity index (χ1) is 12.5. The highest BCUT2D eigenvalue weighted by Gasteiger charge is 2.50. The number of carbonyl (C=O) groups is 2. The molecule has 3 aliphatic rings. The predicted octanol–water partition coefficient (Wildman–Crippen LogP) is 3.47. The van der Waals surface area contributed by atoms with Crippen molar-refractivity contribution < 1.29 is 9.59 Å². The Morgan fingerprint density at radius 2 is 1.92 bits per heavy atom. The monoisotopic (exact) mass is 357 g/mol. The molecule has 4 rings (SSSR count). The number of amides is 2. The molecule has 26 heavy (non-hydrogen) atoms. The van der Waals surface area contributed by atoms with Crippen molar-refractivity contribution in [1.29, 1.82) is 0 Å². The van der Waals surface area contributed by atoms with Crippen LogP contribution < -0.4 is 0 Å². The van der Waals surface area contributed by atoms with Crippen molar-refractivity contribution in [3.05, 3.63) is 24.0 Å². The summed E-state index contributed by atoms with van der Waals surface area (Å²) in [5, 5.41) is 0. The van der Waals surface area contributed by atoms with Crippen LogP contribution in [0.4, 0.5) is 0 Å². The van der Waals surface area contributed by atoms with Crippen molar-refractivity contribution in [1.82, 2.24) is 14.4 Å². The predicted molar refractivity (Wildman–Crippen MR) is 101 cm³/mol. The van der Waals surface area contributed by atoms with E-state index in [1.165, 1.54) is 12.8 Å². The normalized spacial score (nSPS) is 27.3. The number of likely N-dealkylation sites (tertiary alicyclic amines) is 2. The molecule has 2 amide bonds. The highest BCUT2D eigenvalue weighted by Crippen LogP contribution is 2.42. The fraction of sp³-hybridized carbons (Fsp3) is 0.714.